The predicted molar refractivity (Wildman–Crippen MR) is 64.7 cm³/mol. The summed E-state index contributed by atoms with van der Waals surface area (Å²) in [5.41, 5.74) is 6.41. The van der Waals surface area contributed by atoms with E-state index in [-0.39, 0.29) is 13.1 Å². The molecular formula is C11H11F3N6. The quantitative estimate of drug-likeness (QED) is 0.854. The molecule has 2 aromatic rings. The Labute approximate surface area is 112 Å². The summed E-state index contributed by atoms with van der Waals surface area (Å²) >= 11 is 0. The molecule has 20 heavy (non-hydrogen) atoms. The molecular weight excluding hydrogens is 273 g/mol. The van der Waals surface area contributed by atoms with Gasteiger partial charge >= 0.3 is 6.18 Å². The Kier molecular flexibility index (Phi) is 2.77. The molecule has 0 radical (unpaired) electrons. The van der Waals surface area contributed by atoms with E-state index >= 15 is 0 Å². The number of nitrogen functional groups attached to an aromatic ring is 1. The Morgan fingerprint density at radius 2 is 2.00 bits per heavy atom. The molecule has 1 aliphatic heterocycles. The highest BCUT2D eigenvalue weighted by Gasteiger charge is 2.39. The van der Waals surface area contributed by atoms with Gasteiger partial charge in [0.15, 0.2) is 5.82 Å². The molecule has 9 heteroatoms. The van der Waals surface area contributed by atoms with Gasteiger partial charge in [0.2, 0.25) is 5.82 Å². The molecule has 0 aromatic carbocycles. The van der Waals surface area contributed by atoms with Gasteiger partial charge in [0, 0.05) is 31.0 Å². The molecule has 2 aromatic heterocycles. The van der Waals surface area contributed by atoms with Gasteiger partial charge in [-0.25, -0.2) is 4.98 Å². The number of rotatable bonds is 1. The fraction of sp³-hybridized carbons (Fsp3) is 0.364. The molecule has 6 nitrogen and oxygen atoms in total. The van der Waals surface area contributed by atoms with Crippen LogP contribution in [0.4, 0.5) is 24.7 Å². The van der Waals surface area contributed by atoms with Crippen molar-refractivity contribution in [3.05, 3.63) is 30.0 Å². The maximum atomic E-state index is 12.7. The van der Waals surface area contributed by atoms with Crippen LogP contribution >= 0.6 is 0 Å². The molecule has 0 amide bonds. The van der Waals surface area contributed by atoms with Crippen molar-refractivity contribution < 1.29 is 13.2 Å². The maximum absolute atomic E-state index is 12.7. The van der Waals surface area contributed by atoms with E-state index in [1.807, 2.05) is 4.90 Å². The first-order chi connectivity index (χ1) is 9.45. The zero-order valence-corrected chi connectivity index (χ0v) is 10.3. The van der Waals surface area contributed by atoms with Crippen LogP contribution in [0, 0.1) is 0 Å². The lowest BCUT2D eigenvalue weighted by molar-refractivity contribution is -0.147. The number of nitrogens with zero attached hydrogens (tertiary/aromatic N) is 5. The number of aromatic nitrogens is 4. The van der Waals surface area contributed by atoms with Crippen LogP contribution < -0.4 is 10.6 Å². The SMILES string of the molecule is Nc1cc(N2CCn3c(nnc3C(F)(F)F)C2)ccn1. The Bertz CT molecular complexity index is 635. The van der Waals surface area contributed by atoms with Crippen molar-refractivity contribution in [2.24, 2.45) is 0 Å². The lowest BCUT2D eigenvalue weighted by atomic mass is 10.3. The molecule has 0 spiro atoms. The minimum Gasteiger partial charge on any atom is -0.384 e. The molecule has 0 unspecified atom stereocenters. The van der Waals surface area contributed by atoms with Gasteiger partial charge in [-0.3, -0.25) is 0 Å². The van der Waals surface area contributed by atoms with Crippen LogP contribution in [-0.2, 0) is 19.3 Å². The van der Waals surface area contributed by atoms with Gasteiger partial charge in [-0.15, -0.1) is 10.2 Å². The Morgan fingerprint density at radius 1 is 1.20 bits per heavy atom. The van der Waals surface area contributed by atoms with Crippen molar-refractivity contribution in [2.45, 2.75) is 19.3 Å². The van der Waals surface area contributed by atoms with Gasteiger partial charge in [-0.1, -0.05) is 0 Å². The summed E-state index contributed by atoms with van der Waals surface area (Å²) in [6.07, 6.45) is -2.92. The number of pyridine rings is 1. The third-order valence-corrected chi connectivity index (χ3v) is 3.14. The first-order valence-electron chi connectivity index (χ1n) is 5.91. The molecule has 0 saturated heterocycles. The van der Waals surface area contributed by atoms with Gasteiger partial charge in [-0.05, 0) is 6.07 Å². The van der Waals surface area contributed by atoms with E-state index in [9.17, 15) is 13.2 Å². The van der Waals surface area contributed by atoms with Crippen LogP contribution in [-0.4, -0.2) is 26.3 Å². The predicted octanol–water partition coefficient (Wildman–Crippen LogP) is 1.29. The van der Waals surface area contributed by atoms with Crippen LogP contribution in [0.5, 0.6) is 0 Å². The van der Waals surface area contributed by atoms with Crippen molar-refractivity contribution in [1.29, 1.82) is 0 Å². The minimum atomic E-state index is -4.48. The van der Waals surface area contributed by atoms with Crippen molar-refractivity contribution in [3.8, 4) is 0 Å². The Balaban J connectivity index is 1.88. The maximum Gasteiger partial charge on any atom is 0.451 e. The molecule has 0 bridgehead atoms. The van der Waals surface area contributed by atoms with Gasteiger partial charge in [0.25, 0.3) is 0 Å². The zero-order chi connectivity index (χ0) is 14.3. The molecule has 3 heterocycles. The second-order valence-electron chi connectivity index (χ2n) is 4.45. The lowest BCUT2D eigenvalue weighted by Gasteiger charge is -2.29. The summed E-state index contributed by atoms with van der Waals surface area (Å²) in [6, 6.07) is 3.43. The number of halogens is 3. The zero-order valence-electron chi connectivity index (χ0n) is 10.3. The molecule has 0 atom stereocenters. The molecule has 3 rings (SSSR count). The second kappa shape index (κ2) is 4.36. The summed E-state index contributed by atoms with van der Waals surface area (Å²) in [5.74, 6) is -0.286. The smallest absolute Gasteiger partial charge is 0.384 e. The summed E-state index contributed by atoms with van der Waals surface area (Å²) in [5, 5.41) is 6.86. The highest BCUT2D eigenvalue weighted by Crippen LogP contribution is 2.30. The van der Waals surface area contributed by atoms with Crippen LogP contribution in [0.3, 0.4) is 0 Å². The molecule has 0 aliphatic carbocycles. The molecule has 0 fully saturated rings. The summed E-state index contributed by atoms with van der Waals surface area (Å²) < 4.78 is 39.3. The standard InChI is InChI=1S/C11H11F3N6/c12-11(13,14)10-18-17-9-6-19(3-4-20(9)10)7-1-2-16-8(15)5-7/h1-2,5H,3-4,6H2,(H2,15,16). The number of hydrogen-bond donors (Lipinski definition) is 1. The van der Waals surface area contributed by atoms with E-state index in [4.69, 9.17) is 5.73 Å². The summed E-state index contributed by atoms with van der Waals surface area (Å²) in [7, 11) is 0. The van der Waals surface area contributed by atoms with Crippen LogP contribution in [0.2, 0.25) is 0 Å². The van der Waals surface area contributed by atoms with Crippen molar-refractivity contribution in [2.75, 3.05) is 17.2 Å². The van der Waals surface area contributed by atoms with Crippen molar-refractivity contribution >= 4 is 11.5 Å². The topological polar surface area (TPSA) is 72.9 Å². The second-order valence-corrected chi connectivity index (χ2v) is 4.45. The van der Waals surface area contributed by atoms with E-state index < -0.39 is 12.0 Å². The average Bonchev–Trinajstić information content (AvgIpc) is 2.81. The number of hydrogen-bond acceptors (Lipinski definition) is 5. The Morgan fingerprint density at radius 3 is 2.70 bits per heavy atom. The largest absolute Gasteiger partial charge is 0.451 e. The third-order valence-electron chi connectivity index (χ3n) is 3.14. The fourth-order valence-corrected chi connectivity index (χ4v) is 2.22. The van der Waals surface area contributed by atoms with Gasteiger partial charge < -0.3 is 15.2 Å². The molecule has 0 saturated carbocycles. The molecule has 106 valence electrons. The van der Waals surface area contributed by atoms with E-state index in [2.05, 4.69) is 15.2 Å². The highest BCUT2D eigenvalue weighted by molar-refractivity contribution is 5.52. The number of anilines is 2. The third kappa shape index (κ3) is 2.15. The minimum absolute atomic E-state index is 0.180. The molecule has 2 N–H and O–H groups in total. The van der Waals surface area contributed by atoms with E-state index in [0.29, 0.717) is 18.2 Å². The van der Waals surface area contributed by atoms with Gasteiger partial charge in [-0.2, -0.15) is 13.2 Å². The van der Waals surface area contributed by atoms with E-state index in [0.717, 1.165) is 10.3 Å². The van der Waals surface area contributed by atoms with Crippen LogP contribution in [0.1, 0.15) is 11.6 Å². The van der Waals surface area contributed by atoms with Crippen molar-refractivity contribution in [3.63, 3.8) is 0 Å². The van der Waals surface area contributed by atoms with Gasteiger partial charge in [0.1, 0.15) is 5.82 Å². The van der Waals surface area contributed by atoms with E-state index in [1.165, 1.54) is 0 Å². The first-order valence-corrected chi connectivity index (χ1v) is 5.91. The fourth-order valence-electron chi connectivity index (χ4n) is 2.22. The van der Waals surface area contributed by atoms with E-state index in [1.54, 1.807) is 18.3 Å². The lowest BCUT2D eigenvalue weighted by Crippen LogP contribution is -2.35. The summed E-state index contributed by atoms with van der Waals surface area (Å²) in [4.78, 5) is 5.78. The van der Waals surface area contributed by atoms with Crippen LogP contribution in [0.15, 0.2) is 18.3 Å². The monoisotopic (exact) mass is 284 g/mol. The normalized spacial score (nSPS) is 15.2. The number of alkyl halides is 3. The summed E-state index contributed by atoms with van der Waals surface area (Å²) in [6.45, 7) is 0.865. The number of nitrogens with two attached hydrogens (primary N) is 1. The van der Waals surface area contributed by atoms with Crippen molar-refractivity contribution in [1.82, 2.24) is 19.7 Å². The first kappa shape index (κ1) is 12.7. The van der Waals surface area contributed by atoms with Gasteiger partial charge in [0.05, 0.1) is 6.54 Å². The molecule has 1 aliphatic rings. The Hall–Kier alpha value is -2.32. The highest BCUT2D eigenvalue weighted by atomic mass is 19.4. The average molecular weight is 284 g/mol. The number of fused-ring (bicyclic) bond motifs is 1. The van der Waals surface area contributed by atoms with Crippen LogP contribution in [0.25, 0.3) is 0 Å².